The number of rotatable bonds is 1. The van der Waals surface area contributed by atoms with Crippen molar-refractivity contribution in [1.82, 2.24) is 9.97 Å². The van der Waals surface area contributed by atoms with Crippen LogP contribution >= 0.6 is 11.8 Å². The van der Waals surface area contributed by atoms with Crippen molar-refractivity contribution in [2.24, 2.45) is 0 Å². The molecule has 3 rings (SSSR count). The van der Waals surface area contributed by atoms with E-state index < -0.39 is 17.6 Å². The highest BCUT2D eigenvalue weighted by Gasteiger charge is 2.33. The van der Waals surface area contributed by atoms with Crippen LogP contribution in [0, 0.1) is 6.92 Å². The number of alkyl halides is 3. The van der Waals surface area contributed by atoms with Gasteiger partial charge in [-0.3, -0.25) is 4.79 Å². The second-order valence-corrected chi connectivity index (χ2v) is 7.32. The number of hydrogen-bond acceptors (Lipinski definition) is 4. The van der Waals surface area contributed by atoms with E-state index in [0.29, 0.717) is 23.7 Å². The van der Waals surface area contributed by atoms with Crippen LogP contribution in [0.15, 0.2) is 35.4 Å². The van der Waals surface area contributed by atoms with Crippen molar-refractivity contribution in [2.45, 2.75) is 36.6 Å². The number of fused-ring (bicyclic) bond motifs is 1. The first kappa shape index (κ1) is 17.7. The number of thioether (sulfide) groups is 1. The Kier molecular flexibility index (Phi) is 4.73. The summed E-state index contributed by atoms with van der Waals surface area (Å²) in [6, 6.07) is 5.02. The minimum Gasteiger partial charge on any atom is -0.306 e. The molecule has 132 valence electrons. The van der Waals surface area contributed by atoms with Crippen molar-refractivity contribution in [3.05, 3.63) is 47.5 Å². The van der Waals surface area contributed by atoms with Crippen molar-refractivity contribution in [3.63, 3.8) is 0 Å². The lowest BCUT2D eigenvalue weighted by Crippen LogP contribution is -2.33. The minimum atomic E-state index is -4.46. The third-order valence-corrected chi connectivity index (χ3v) is 5.14. The molecule has 1 aromatic carbocycles. The molecular weight excluding hydrogens is 351 g/mol. The lowest BCUT2D eigenvalue weighted by molar-refractivity contribution is -0.137. The quantitative estimate of drug-likeness (QED) is 0.752. The van der Waals surface area contributed by atoms with Gasteiger partial charge in [-0.15, -0.1) is 11.8 Å². The maximum atomic E-state index is 13.1. The summed E-state index contributed by atoms with van der Waals surface area (Å²) in [5.74, 6) is 0.0217. The van der Waals surface area contributed by atoms with Gasteiger partial charge in [0.15, 0.2) is 0 Å². The number of anilines is 1. The summed E-state index contributed by atoms with van der Waals surface area (Å²) in [5.41, 5.74) is -0.307. The third kappa shape index (κ3) is 3.78. The first-order valence-electron chi connectivity index (χ1n) is 7.75. The fourth-order valence-corrected chi connectivity index (χ4v) is 3.73. The number of carbonyl (C=O) groups is 1. The van der Waals surface area contributed by atoms with E-state index in [-0.39, 0.29) is 16.6 Å². The van der Waals surface area contributed by atoms with Gasteiger partial charge in [-0.25, -0.2) is 9.97 Å². The average molecular weight is 367 g/mol. The Hall–Kier alpha value is -2.09. The smallest absolute Gasteiger partial charge is 0.306 e. The van der Waals surface area contributed by atoms with E-state index >= 15 is 0 Å². The first-order valence-corrected chi connectivity index (χ1v) is 8.63. The number of amides is 1. The number of benzene rings is 1. The van der Waals surface area contributed by atoms with E-state index in [1.807, 2.05) is 6.92 Å². The fraction of sp³-hybridized carbons (Fsp3) is 0.353. The summed E-state index contributed by atoms with van der Waals surface area (Å²) in [6.45, 7) is 3.99. The summed E-state index contributed by atoms with van der Waals surface area (Å²) in [5, 5.41) is 0.195. The van der Waals surface area contributed by atoms with Gasteiger partial charge in [0.2, 0.25) is 0 Å². The SMILES string of the molecule is Cc1nccc(C(=O)N2CC[C@H](C)Sc3ccc(C(F)(F)F)cc32)n1. The highest BCUT2D eigenvalue weighted by Crippen LogP contribution is 2.41. The fourth-order valence-electron chi connectivity index (χ4n) is 2.64. The van der Waals surface area contributed by atoms with Crippen LogP contribution in [-0.2, 0) is 6.18 Å². The van der Waals surface area contributed by atoms with E-state index in [4.69, 9.17) is 0 Å². The molecule has 0 fully saturated rings. The minimum absolute atomic E-state index is 0.176. The monoisotopic (exact) mass is 367 g/mol. The molecule has 0 saturated carbocycles. The van der Waals surface area contributed by atoms with Gasteiger partial charge >= 0.3 is 6.18 Å². The Balaban J connectivity index is 2.07. The molecule has 2 aromatic rings. The molecule has 1 aliphatic rings. The number of aromatic nitrogens is 2. The molecule has 1 atom stereocenters. The van der Waals surface area contributed by atoms with Crippen LogP contribution in [-0.4, -0.2) is 27.7 Å². The van der Waals surface area contributed by atoms with Gasteiger partial charge in [0.25, 0.3) is 5.91 Å². The second-order valence-electron chi connectivity index (χ2n) is 5.84. The standard InChI is InChI=1S/C17H16F3N3OS/c1-10-6-8-23(16(24)13-5-7-21-11(2)22-13)14-9-12(17(18,19)20)3-4-15(14)25-10/h3-5,7,9-10H,6,8H2,1-2H3/t10-/m0/s1. The molecule has 0 unspecified atom stereocenters. The Morgan fingerprint density at radius 1 is 1.32 bits per heavy atom. The van der Waals surface area contributed by atoms with Gasteiger partial charge in [0.05, 0.1) is 11.3 Å². The molecule has 0 aliphatic carbocycles. The van der Waals surface area contributed by atoms with Gasteiger partial charge in [-0.05, 0) is 37.6 Å². The molecule has 1 aliphatic heterocycles. The average Bonchev–Trinajstić information content (AvgIpc) is 2.71. The molecule has 4 nitrogen and oxygen atoms in total. The number of hydrogen-bond donors (Lipinski definition) is 0. The second kappa shape index (κ2) is 6.67. The van der Waals surface area contributed by atoms with Gasteiger partial charge in [-0.1, -0.05) is 6.92 Å². The lowest BCUT2D eigenvalue weighted by Gasteiger charge is -2.23. The van der Waals surface area contributed by atoms with E-state index in [1.54, 1.807) is 6.92 Å². The van der Waals surface area contributed by atoms with Gasteiger partial charge in [0, 0.05) is 22.9 Å². The highest BCUT2D eigenvalue weighted by molar-refractivity contribution is 8.00. The van der Waals surface area contributed by atoms with Crippen molar-refractivity contribution in [3.8, 4) is 0 Å². The van der Waals surface area contributed by atoms with Gasteiger partial charge < -0.3 is 4.90 Å². The van der Waals surface area contributed by atoms with Crippen molar-refractivity contribution in [1.29, 1.82) is 0 Å². The molecule has 0 spiro atoms. The van der Waals surface area contributed by atoms with E-state index in [0.717, 1.165) is 12.1 Å². The number of nitrogens with zero attached hydrogens (tertiary/aromatic N) is 3. The van der Waals surface area contributed by atoms with Crippen molar-refractivity contribution in [2.75, 3.05) is 11.4 Å². The zero-order valence-corrected chi connectivity index (χ0v) is 14.5. The molecule has 0 bridgehead atoms. The van der Waals surface area contributed by atoms with E-state index in [9.17, 15) is 18.0 Å². The predicted octanol–water partition coefficient (Wildman–Crippen LogP) is 4.33. The van der Waals surface area contributed by atoms with Gasteiger partial charge in [-0.2, -0.15) is 13.2 Å². The lowest BCUT2D eigenvalue weighted by atomic mass is 10.1. The van der Waals surface area contributed by atoms with Crippen LogP contribution in [0.4, 0.5) is 18.9 Å². The molecule has 1 aromatic heterocycles. The van der Waals surface area contributed by atoms with Crippen LogP contribution in [0.5, 0.6) is 0 Å². The van der Waals surface area contributed by atoms with Crippen molar-refractivity contribution >= 4 is 23.4 Å². The highest BCUT2D eigenvalue weighted by atomic mass is 32.2. The molecule has 0 saturated heterocycles. The normalized spacial score (nSPS) is 17.8. The maximum absolute atomic E-state index is 13.1. The van der Waals surface area contributed by atoms with E-state index in [2.05, 4.69) is 9.97 Å². The number of carbonyl (C=O) groups excluding carboxylic acids is 1. The summed E-state index contributed by atoms with van der Waals surface area (Å²) < 4.78 is 39.3. The topological polar surface area (TPSA) is 46.1 Å². The largest absolute Gasteiger partial charge is 0.416 e. The Labute approximate surface area is 147 Å². The zero-order valence-electron chi connectivity index (χ0n) is 13.7. The molecule has 8 heteroatoms. The molecule has 0 N–H and O–H groups in total. The van der Waals surface area contributed by atoms with Crippen LogP contribution in [0.1, 0.15) is 35.2 Å². The summed E-state index contributed by atoms with van der Waals surface area (Å²) in [7, 11) is 0. The summed E-state index contributed by atoms with van der Waals surface area (Å²) in [4.78, 5) is 23.0. The van der Waals surface area contributed by atoms with Crippen LogP contribution in [0.3, 0.4) is 0 Å². The first-order chi connectivity index (χ1) is 11.8. The summed E-state index contributed by atoms with van der Waals surface area (Å²) >= 11 is 1.48. The Morgan fingerprint density at radius 2 is 2.08 bits per heavy atom. The number of halogens is 3. The zero-order chi connectivity index (χ0) is 18.2. The Morgan fingerprint density at radius 3 is 2.76 bits per heavy atom. The van der Waals surface area contributed by atoms with Gasteiger partial charge in [0.1, 0.15) is 11.5 Å². The van der Waals surface area contributed by atoms with Crippen LogP contribution < -0.4 is 4.90 Å². The molecule has 2 heterocycles. The van der Waals surface area contributed by atoms with Crippen molar-refractivity contribution < 1.29 is 18.0 Å². The third-order valence-electron chi connectivity index (χ3n) is 3.90. The molecule has 1 amide bonds. The molecular formula is C17H16F3N3OS. The van der Waals surface area contributed by atoms with E-state index in [1.165, 1.54) is 35.0 Å². The van der Waals surface area contributed by atoms with Crippen LogP contribution in [0.2, 0.25) is 0 Å². The maximum Gasteiger partial charge on any atom is 0.416 e. The number of aryl methyl sites for hydroxylation is 1. The molecule has 0 radical (unpaired) electrons. The Bertz CT molecular complexity index is 810. The predicted molar refractivity (Wildman–Crippen MR) is 89.8 cm³/mol. The van der Waals surface area contributed by atoms with Crippen LogP contribution in [0.25, 0.3) is 0 Å². The molecule has 25 heavy (non-hydrogen) atoms. The summed E-state index contributed by atoms with van der Waals surface area (Å²) in [6.07, 6.45) is -2.31.